The van der Waals surface area contributed by atoms with Gasteiger partial charge in [0.1, 0.15) is 0 Å². The molecule has 136 valence electrons. The number of carbonyl (C=O) groups excluding carboxylic acids is 1. The van der Waals surface area contributed by atoms with Gasteiger partial charge in [0.15, 0.2) is 0 Å². The number of rotatable bonds is 3. The molecule has 1 fully saturated rings. The van der Waals surface area contributed by atoms with E-state index >= 15 is 0 Å². The second kappa shape index (κ2) is 8.06. The van der Waals surface area contributed by atoms with E-state index in [2.05, 4.69) is 23.7 Å². The topological polar surface area (TPSA) is 32.7 Å². The summed E-state index contributed by atoms with van der Waals surface area (Å²) in [6.07, 6.45) is 0. The van der Waals surface area contributed by atoms with Gasteiger partial charge in [-0.3, -0.25) is 0 Å². The Morgan fingerprint density at radius 1 is 1.15 bits per heavy atom. The number of amidine groups is 1. The van der Waals surface area contributed by atoms with Crippen LogP contribution in [0.5, 0.6) is 0 Å². The minimum atomic E-state index is -0.178. The molecule has 0 N–H and O–H groups in total. The second-order valence-electron chi connectivity index (χ2n) is 6.50. The first-order valence-electron chi connectivity index (χ1n) is 8.03. The van der Waals surface area contributed by atoms with Crippen molar-refractivity contribution in [1.82, 2.24) is 4.90 Å². The Kier molecular flexibility index (Phi) is 6.18. The van der Waals surface area contributed by atoms with Crippen molar-refractivity contribution in [3.63, 3.8) is 0 Å². The van der Waals surface area contributed by atoms with Crippen LogP contribution in [0, 0.1) is 6.92 Å². The minimum absolute atomic E-state index is 0.00234. The first kappa shape index (κ1) is 19.9. The Morgan fingerprint density at radius 2 is 1.85 bits per heavy atom. The van der Waals surface area contributed by atoms with Crippen LogP contribution in [0.1, 0.15) is 35.3 Å². The zero-order valence-electron chi connectivity index (χ0n) is 14.6. The van der Waals surface area contributed by atoms with Gasteiger partial charge >= 0.3 is 176 Å². The molecule has 2 aromatic carbocycles. The van der Waals surface area contributed by atoms with Gasteiger partial charge in [-0.25, -0.2) is 0 Å². The summed E-state index contributed by atoms with van der Waals surface area (Å²) in [6, 6.07) is 13.1. The quantitative estimate of drug-likeness (QED) is 0.565. The molecule has 0 spiro atoms. The van der Waals surface area contributed by atoms with Gasteiger partial charge in [-0.2, -0.15) is 0 Å². The molecule has 3 rings (SSSR count). The first-order valence-corrected chi connectivity index (χ1v) is 14.8. The third-order valence-corrected chi connectivity index (χ3v) is 14.1. The predicted octanol–water partition coefficient (Wildman–Crippen LogP) is 4.37. The number of aliphatic imine (C=N–C) groups is 1. The Bertz CT molecular complexity index is 866. The average molecular weight is 519 g/mol. The fourth-order valence-corrected chi connectivity index (χ4v) is 10.8. The molecule has 0 bridgehead atoms. The molecule has 0 radical (unpaired) electrons. The molecule has 7 heteroatoms. The van der Waals surface area contributed by atoms with Crippen molar-refractivity contribution in [3.8, 4) is 0 Å². The van der Waals surface area contributed by atoms with E-state index in [4.69, 9.17) is 23.2 Å². The number of carbonyl (C=O) groups is 1. The van der Waals surface area contributed by atoms with Crippen LogP contribution in [-0.4, -0.2) is 46.2 Å². The Balaban J connectivity index is 1.88. The normalized spacial score (nSPS) is 17.7. The van der Waals surface area contributed by atoms with Crippen molar-refractivity contribution < 1.29 is 4.79 Å². The standard InChI is InChI=1S/C19H18Cl2N2OSe2/c1-12-4-6-13(7-5-12)17(24)22-18-23(19(2,3)26-25-18)11-14-8-9-15(20)10-16(14)21/h4-10H,11H2,1-3H3. The molecule has 26 heavy (non-hydrogen) atoms. The molecule has 0 atom stereocenters. The molecule has 0 unspecified atom stereocenters. The SMILES string of the molecule is Cc1ccc(C(=O)N=C2[Se][Se]C(C)(C)N2Cc2ccc(Cl)cc2Cl)cc1. The molecule has 0 aliphatic carbocycles. The summed E-state index contributed by atoms with van der Waals surface area (Å²) in [6.45, 7) is 7.05. The van der Waals surface area contributed by atoms with Crippen LogP contribution in [0.3, 0.4) is 0 Å². The van der Waals surface area contributed by atoms with Crippen molar-refractivity contribution in [2.24, 2.45) is 4.99 Å². The molecule has 1 aliphatic heterocycles. The molecule has 0 aromatic heterocycles. The summed E-state index contributed by atoms with van der Waals surface area (Å²) >= 11 is 13.0. The summed E-state index contributed by atoms with van der Waals surface area (Å²) in [5.41, 5.74) is 2.75. The van der Waals surface area contributed by atoms with E-state index in [9.17, 15) is 4.79 Å². The summed E-state index contributed by atoms with van der Waals surface area (Å²) in [5, 5.41) is 1.26. The molecule has 0 saturated carbocycles. The van der Waals surface area contributed by atoms with Crippen LogP contribution < -0.4 is 0 Å². The number of aryl methyl sites for hydroxylation is 1. The van der Waals surface area contributed by atoms with Crippen molar-refractivity contribution in [1.29, 1.82) is 0 Å². The van der Waals surface area contributed by atoms with E-state index < -0.39 is 0 Å². The van der Waals surface area contributed by atoms with Crippen molar-refractivity contribution >= 4 is 60.1 Å². The number of benzene rings is 2. The van der Waals surface area contributed by atoms with Crippen LogP contribution in [0.4, 0.5) is 0 Å². The van der Waals surface area contributed by atoms with Gasteiger partial charge in [-0.15, -0.1) is 0 Å². The Labute approximate surface area is 175 Å². The van der Waals surface area contributed by atoms with Crippen molar-refractivity contribution in [2.75, 3.05) is 0 Å². The van der Waals surface area contributed by atoms with Gasteiger partial charge in [0.2, 0.25) is 0 Å². The maximum atomic E-state index is 12.6. The van der Waals surface area contributed by atoms with Gasteiger partial charge < -0.3 is 0 Å². The van der Waals surface area contributed by atoms with E-state index in [-0.39, 0.29) is 23.5 Å². The molecular weight excluding hydrogens is 501 g/mol. The number of nitrogens with zero attached hydrogens (tertiary/aromatic N) is 2. The summed E-state index contributed by atoms with van der Waals surface area (Å²) in [7, 11) is 0. The summed E-state index contributed by atoms with van der Waals surface area (Å²) < 4.78 is 0.904. The molecule has 1 amide bonds. The molecule has 1 heterocycles. The molecular formula is C19H18Cl2N2OSe2. The van der Waals surface area contributed by atoms with Crippen molar-refractivity contribution in [3.05, 3.63) is 69.2 Å². The zero-order chi connectivity index (χ0) is 18.9. The van der Waals surface area contributed by atoms with Gasteiger partial charge in [0.05, 0.1) is 0 Å². The summed E-state index contributed by atoms with van der Waals surface area (Å²) in [5.74, 6) is -0.178. The number of hydrogen-bond acceptors (Lipinski definition) is 1. The predicted molar refractivity (Wildman–Crippen MR) is 111 cm³/mol. The molecule has 2 aromatic rings. The zero-order valence-corrected chi connectivity index (χ0v) is 19.6. The van der Waals surface area contributed by atoms with E-state index in [0.717, 1.165) is 15.9 Å². The fourth-order valence-electron chi connectivity index (χ4n) is 2.46. The number of hydrogen-bond donors (Lipinski definition) is 0. The number of amides is 1. The van der Waals surface area contributed by atoms with Crippen LogP contribution >= 0.6 is 23.2 Å². The second-order valence-corrected chi connectivity index (χ2v) is 14.5. The number of halogens is 2. The third-order valence-electron chi connectivity index (χ3n) is 4.04. The van der Waals surface area contributed by atoms with Gasteiger partial charge in [-0.05, 0) is 0 Å². The first-order chi connectivity index (χ1) is 12.3. The maximum absolute atomic E-state index is 12.6. The molecule has 1 aliphatic rings. The van der Waals surface area contributed by atoms with E-state index in [0.29, 0.717) is 35.3 Å². The third kappa shape index (κ3) is 4.54. The van der Waals surface area contributed by atoms with Crippen molar-refractivity contribution in [2.45, 2.75) is 31.8 Å². The van der Waals surface area contributed by atoms with Gasteiger partial charge in [-0.1, -0.05) is 0 Å². The van der Waals surface area contributed by atoms with Crippen LogP contribution in [0.2, 0.25) is 10.0 Å². The van der Waals surface area contributed by atoms with Crippen LogP contribution in [0.25, 0.3) is 0 Å². The Morgan fingerprint density at radius 3 is 2.50 bits per heavy atom. The molecule has 3 nitrogen and oxygen atoms in total. The van der Waals surface area contributed by atoms with E-state index in [1.165, 1.54) is 0 Å². The monoisotopic (exact) mass is 520 g/mol. The average Bonchev–Trinajstić information content (AvgIpc) is 2.85. The summed E-state index contributed by atoms with van der Waals surface area (Å²) in [4.78, 5) is 19.3. The fraction of sp³-hybridized carbons (Fsp3) is 0.263. The Hall–Kier alpha value is -0.801. The van der Waals surface area contributed by atoms with E-state index in [1.54, 1.807) is 6.07 Å². The van der Waals surface area contributed by atoms with Gasteiger partial charge in [0, 0.05) is 0 Å². The van der Waals surface area contributed by atoms with E-state index in [1.807, 2.05) is 43.3 Å². The van der Waals surface area contributed by atoms with Crippen LogP contribution in [-0.2, 0) is 6.54 Å². The van der Waals surface area contributed by atoms with Crippen LogP contribution in [0.15, 0.2) is 47.5 Å². The molecule has 1 saturated heterocycles. The van der Waals surface area contributed by atoms with Gasteiger partial charge in [0.25, 0.3) is 0 Å².